The average molecular weight is 156 g/mol. The van der Waals surface area contributed by atoms with Gasteiger partial charge in [0, 0.05) is 0 Å². The van der Waals surface area contributed by atoms with Gasteiger partial charge in [0.25, 0.3) is 0 Å². The maximum Gasteiger partial charge on any atom is 2.00 e. The Morgan fingerprint density at radius 3 is 1.14 bits per heavy atom. The number of hydrogen-bond acceptors (Lipinski definition) is 4. The zero-order valence-corrected chi connectivity index (χ0v) is 5.63. The van der Waals surface area contributed by atoms with E-state index >= 15 is 0 Å². The van der Waals surface area contributed by atoms with Gasteiger partial charge in [-0.3, -0.25) is 0 Å². The van der Waals surface area contributed by atoms with Crippen LogP contribution >= 0.6 is 0 Å². The quantitative estimate of drug-likeness (QED) is 0.352. The van der Waals surface area contributed by atoms with Gasteiger partial charge >= 0.3 is 35.9 Å². The van der Waals surface area contributed by atoms with Crippen LogP contribution in [-0.2, 0) is 17.1 Å². The van der Waals surface area contributed by atoms with Crippen molar-refractivity contribution >= 4 is 9.05 Å². The molecule has 0 heterocycles. The maximum atomic E-state index is 8.69. The molecule has 4 nitrogen and oxygen atoms in total. The molecule has 1 N–H and O–H groups in total. The molecular formula is HFeLiO4Si. The van der Waals surface area contributed by atoms with Crippen LogP contribution in [0.15, 0.2) is 0 Å². The second-order valence-electron chi connectivity index (χ2n) is 0.524. The summed E-state index contributed by atoms with van der Waals surface area (Å²) in [5.41, 5.74) is 0. The van der Waals surface area contributed by atoms with Gasteiger partial charge in [0.05, 0.1) is 0 Å². The summed E-state index contributed by atoms with van der Waals surface area (Å²) >= 11 is 0. The van der Waals surface area contributed by atoms with Gasteiger partial charge in [-0.1, -0.05) is 0 Å². The molecule has 0 aromatic rings. The van der Waals surface area contributed by atoms with Crippen LogP contribution in [-0.4, -0.2) is 13.8 Å². The molecule has 0 atom stereocenters. The van der Waals surface area contributed by atoms with Crippen molar-refractivity contribution in [1.29, 1.82) is 0 Å². The zero-order valence-electron chi connectivity index (χ0n) is 3.53. The molecule has 0 aliphatic carbocycles. The Labute approximate surface area is 64.3 Å². The van der Waals surface area contributed by atoms with E-state index < -0.39 is 9.05 Å². The van der Waals surface area contributed by atoms with Crippen molar-refractivity contribution in [2.75, 3.05) is 0 Å². The summed E-state index contributed by atoms with van der Waals surface area (Å²) in [6.45, 7) is 0. The minimum atomic E-state index is -5.36. The molecule has 0 fully saturated rings. The first-order valence-corrected chi connectivity index (χ1v) is 2.51. The van der Waals surface area contributed by atoms with Crippen molar-refractivity contribution < 1.29 is 55.1 Å². The molecule has 0 amide bonds. The van der Waals surface area contributed by atoms with Crippen LogP contribution < -0.4 is 33.2 Å². The second kappa shape index (κ2) is 5.31. The first kappa shape index (κ1) is 15.7. The minimum Gasteiger partial charge on any atom is -0.861 e. The van der Waals surface area contributed by atoms with Gasteiger partial charge in [-0.2, -0.15) is 0 Å². The van der Waals surface area contributed by atoms with Crippen LogP contribution in [0.25, 0.3) is 0 Å². The fourth-order valence-corrected chi connectivity index (χ4v) is 0. The third kappa shape index (κ3) is 139. The molecule has 0 unspecified atom stereocenters. The standard InChI is InChI=1S/Fe.Li.HO4Si/c;;1-5(2,3)4/h;;1H/q+2;+1;-3. The Morgan fingerprint density at radius 2 is 1.14 bits per heavy atom. The molecule has 7 heteroatoms. The summed E-state index contributed by atoms with van der Waals surface area (Å²) in [6.07, 6.45) is 0. The first-order valence-electron chi connectivity index (χ1n) is 0.836. The van der Waals surface area contributed by atoms with E-state index in [2.05, 4.69) is 0 Å². The first-order chi connectivity index (χ1) is 2.00. The Balaban J connectivity index is -0.0000000800. The predicted octanol–water partition coefficient (Wildman–Crippen LogP) is -7.50. The number of hydrogen-bond donors (Lipinski definition) is 1. The Hall–Kier alpha value is 1.17. The Kier molecular flexibility index (Phi) is 11.9. The molecule has 0 aliphatic heterocycles. The van der Waals surface area contributed by atoms with Crippen LogP contribution in [0, 0.1) is 0 Å². The van der Waals surface area contributed by atoms with Gasteiger partial charge in [-0.25, -0.2) is 0 Å². The van der Waals surface area contributed by atoms with Crippen molar-refractivity contribution in [3.8, 4) is 0 Å². The van der Waals surface area contributed by atoms with E-state index in [1.807, 2.05) is 0 Å². The molecule has 0 saturated carbocycles. The number of rotatable bonds is 0. The van der Waals surface area contributed by atoms with Crippen molar-refractivity contribution in [1.82, 2.24) is 0 Å². The molecule has 38 valence electrons. The SMILES string of the molecule is [Fe+2].[Li+].[O-][Si]([O-])([O-])O. The molecule has 0 aromatic carbocycles. The van der Waals surface area contributed by atoms with Gasteiger partial charge in [0.2, 0.25) is 0 Å². The maximum absolute atomic E-state index is 8.69. The molecule has 0 radical (unpaired) electrons. The smallest absolute Gasteiger partial charge is 0.861 e. The third-order valence-electron chi connectivity index (χ3n) is 0. The van der Waals surface area contributed by atoms with E-state index in [9.17, 15) is 0 Å². The fraction of sp³-hybridized carbons (Fsp3) is 0. The van der Waals surface area contributed by atoms with Crippen LogP contribution in [0.5, 0.6) is 0 Å². The summed E-state index contributed by atoms with van der Waals surface area (Å²) in [5, 5.41) is 0. The van der Waals surface area contributed by atoms with Crippen molar-refractivity contribution in [2.45, 2.75) is 0 Å². The van der Waals surface area contributed by atoms with Crippen LogP contribution in [0.4, 0.5) is 0 Å². The predicted molar refractivity (Wildman–Crippen MR) is 7.97 cm³/mol. The van der Waals surface area contributed by atoms with Crippen molar-refractivity contribution in [2.24, 2.45) is 0 Å². The van der Waals surface area contributed by atoms with E-state index in [1.54, 1.807) is 0 Å². The summed E-state index contributed by atoms with van der Waals surface area (Å²) in [5.74, 6) is 0. The summed E-state index contributed by atoms with van der Waals surface area (Å²) in [4.78, 5) is 33.1. The van der Waals surface area contributed by atoms with E-state index in [0.717, 1.165) is 0 Å². The van der Waals surface area contributed by atoms with Gasteiger partial charge in [0.1, 0.15) is 0 Å². The second-order valence-corrected chi connectivity index (χ2v) is 1.57. The van der Waals surface area contributed by atoms with Crippen LogP contribution in [0.3, 0.4) is 0 Å². The Morgan fingerprint density at radius 1 is 1.14 bits per heavy atom. The molecule has 0 bridgehead atoms. The third-order valence-corrected chi connectivity index (χ3v) is 0. The summed E-state index contributed by atoms with van der Waals surface area (Å²) in [7, 11) is -5.36. The summed E-state index contributed by atoms with van der Waals surface area (Å²) < 4.78 is 0. The van der Waals surface area contributed by atoms with Crippen LogP contribution in [0.1, 0.15) is 0 Å². The topological polar surface area (TPSA) is 89.4 Å². The van der Waals surface area contributed by atoms with Crippen LogP contribution in [0.2, 0.25) is 0 Å². The molecule has 0 rings (SSSR count). The van der Waals surface area contributed by atoms with Gasteiger partial charge in [-0.05, 0) is 0 Å². The van der Waals surface area contributed by atoms with Gasteiger partial charge in [-0.15, -0.1) is 9.05 Å². The Bertz CT molecular complexity index is 27.2. The molecule has 0 spiro atoms. The molecule has 0 aliphatic rings. The molecule has 7 heavy (non-hydrogen) atoms. The monoisotopic (exact) mass is 156 g/mol. The minimum absolute atomic E-state index is 0. The van der Waals surface area contributed by atoms with Gasteiger partial charge < -0.3 is 19.2 Å². The van der Waals surface area contributed by atoms with E-state index in [-0.39, 0.29) is 35.9 Å². The summed E-state index contributed by atoms with van der Waals surface area (Å²) in [6, 6.07) is 0. The van der Waals surface area contributed by atoms with Crippen molar-refractivity contribution in [3.63, 3.8) is 0 Å². The zero-order chi connectivity index (χ0) is 4.50. The van der Waals surface area contributed by atoms with Gasteiger partial charge in [0.15, 0.2) is 0 Å². The molecular weight excluding hydrogens is 155 g/mol. The van der Waals surface area contributed by atoms with Crippen molar-refractivity contribution in [3.05, 3.63) is 0 Å². The average Bonchev–Trinajstić information content (AvgIpc) is 0.722. The molecule has 0 aromatic heterocycles. The normalized spacial score (nSPS) is 8.57. The fourth-order valence-electron chi connectivity index (χ4n) is 0. The molecule has 0 saturated heterocycles. The van der Waals surface area contributed by atoms with E-state index in [1.165, 1.54) is 0 Å². The van der Waals surface area contributed by atoms with E-state index in [4.69, 9.17) is 19.2 Å². The largest absolute Gasteiger partial charge is 2.00 e. The van der Waals surface area contributed by atoms with E-state index in [0.29, 0.717) is 0 Å².